The molecule has 1 aromatic rings. The fourth-order valence-corrected chi connectivity index (χ4v) is 1.33. The second-order valence-electron chi connectivity index (χ2n) is 4.17. The van der Waals surface area contributed by atoms with Gasteiger partial charge in [0.05, 0.1) is 0 Å². The predicted octanol–water partition coefficient (Wildman–Crippen LogP) is 1.91. The molecule has 0 aliphatic rings. The Labute approximate surface area is 108 Å². The smallest absolute Gasteiger partial charge is 0.270 e. The van der Waals surface area contributed by atoms with Gasteiger partial charge < -0.3 is 10.6 Å². The van der Waals surface area contributed by atoms with Gasteiger partial charge in [0.15, 0.2) is 0 Å². The Balaban J connectivity index is 2.84. The molecule has 0 aromatic carbocycles. The SMILES string of the molecule is C=CCNc1nc(C)cc(C(=O)NC(C)CC)n1. The molecule has 1 aromatic heterocycles. The zero-order chi connectivity index (χ0) is 13.5. The van der Waals surface area contributed by atoms with Crippen LogP contribution in [0.25, 0.3) is 0 Å². The lowest BCUT2D eigenvalue weighted by Gasteiger charge is -2.12. The van der Waals surface area contributed by atoms with Crippen molar-refractivity contribution in [2.24, 2.45) is 0 Å². The van der Waals surface area contributed by atoms with Gasteiger partial charge in [0.1, 0.15) is 5.69 Å². The molecular weight excluding hydrogens is 228 g/mol. The number of aromatic nitrogens is 2. The lowest BCUT2D eigenvalue weighted by molar-refractivity contribution is 0.0934. The second-order valence-corrected chi connectivity index (χ2v) is 4.17. The first-order valence-corrected chi connectivity index (χ1v) is 6.08. The van der Waals surface area contributed by atoms with E-state index in [1.807, 2.05) is 20.8 Å². The number of amides is 1. The number of rotatable bonds is 6. The van der Waals surface area contributed by atoms with Gasteiger partial charge in [-0.05, 0) is 26.3 Å². The van der Waals surface area contributed by atoms with E-state index < -0.39 is 0 Å². The Kier molecular flexibility index (Phi) is 5.30. The molecule has 1 atom stereocenters. The Morgan fingerprint density at radius 1 is 1.56 bits per heavy atom. The average molecular weight is 248 g/mol. The van der Waals surface area contributed by atoms with Crippen LogP contribution in [0.1, 0.15) is 36.5 Å². The van der Waals surface area contributed by atoms with Crippen molar-refractivity contribution in [1.29, 1.82) is 0 Å². The highest BCUT2D eigenvalue weighted by Crippen LogP contribution is 2.05. The number of nitrogens with zero attached hydrogens (tertiary/aromatic N) is 2. The predicted molar refractivity (Wildman–Crippen MR) is 72.7 cm³/mol. The van der Waals surface area contributed by atoms with Gasteiger partial charge >= 0.3 is 0 Å². The summed E-state index contributed by atoms with van der Waals surface area (Å²) >= 11 is 0. The summed E-state index contributed by atoms with van der Waals surface area (Å²) in [5.74, 6) is 0.278. The van der Waals surface area contributed by atoms with Gasteiger partial charge in [0.2, 0.25) is 5.95 Å². The number of aryl methyl sites for hydroxylation is 1. The topological polar surface area (TPSA) is 66.9 Å². The molecule has 0 bridgehead atoms. The average Bonchev–Trinajstić information content (AvgIpc) is 2.35. The van der Waals surface area contributed by atoms with Gasteiger partial charge in [-0.25, -0.2) is 9.97 Å². The summed E-state index contributed by atoms with van der Waals surface area (Å²) < 4.78 is 0. The van der Waals surface area contributed by atoms with Crippen LogP contribution in [0, 0.1) is 6.92 Å². The van der Waals surface area contributed by atoms with Crippen LogP contribution in [0.5, 0.6) is 0 Å². The third kappa shape index (κ3) is 4.16. The third-order valence-electron chi connectivity index (χ3n) is 2.48. The highest BCUT2D eigenvalue weighted by Gasteiger charge is 2.12. The Hall–Kier alpha value is -1.91. The van der Waals surface area contributed by atoms with Crippen molar-refractivity contribution in [2.45, 2.75) is 33.2 Å². The summed E-state index contributed by atoms with van der Waals surface area (Å²) in [6.45, 7) is 9.99. The van der Waals surface area contributed by atoms with Gasteiger partial charge in [0, 0.05) is 18.3 Å². The summed E-state index contributed by atoms with van der Waals surface area (Å²) in [7, 11) is 0. The Bertz CT molecular complexity index is 431. The van der Waals surface area contributed by atoms with Crippen molar-refractivity contribution >= 4 is 11.9 Å². The highest BCUT2D eigenvalue weighted by molar-refractivity contribution is 5.92. The van der Waals surface area contributed by atoms with E-state index in [-0.39, 0.29) is 11.9 Å². The molecule has 0 aliphatic carbocycles. The van der Waals surface area contributed by atoms with E-state index in [2.05, 4.69) is 27.2 Å². The monoisotopic (exact) mass is 248 g/mol. The lowest BCUT2D eigenvalue weighted by atomic mass is 10.2. The van der Waals surface area contributed by atoms with Crippen molar-refractivity contribution in [3.63, 3.8) is 0 Å². The second kappa shape index (κ2) is 6.74. The van der Waals surface area contributed by atoms with Gasteiger partial charge in [-0.2, -0.15) is 0 Å². The Morgan fingerprint density at radius 2 is 2.28 bits per heavy atom. The largest absolute Gasteiger partial charge is 0.351 e. The summed E-state index contributed by atoms with van der Waals surface area (Å²) in [6, 6.07) is 1.81. The minimum absolute atomic E-state index is 0.136. The Morgan fingerprint density at radius 3 is 2.89 bits per heavy atom. The van der Waals surface area contributed by atoms with E-state index in [1.54, 1.807) is 12.1 Å². The first-order chi connectivity index (χ1) is 8.56. The molecule has 1 heterocycles. The van der Waals surface area contributed by atoms with Crippen molar-refractivity contribution < 1.29 is 4.79 Å². The van der Waals surface area contributed by atoms with Crippen LogP contribution in [-0.4, -0.2) is 28.5 Å². The van der Waals surface area contributed by atoms with E-state index >= 15 is 0 Å². The maximum Gasteiger partial charge on any atom is 0.270 e. The minimum Gasteiger partial charge on any atom is -0.351 e. The standard InChI is InChI=1S/C13H20N4O/c1-5-7-14-13-16-10(4)8-11(17-13)12(18)15-9(3)6-2/h5,8-9H,1,6-7H2,2-4H3,(H,15,18)(H,14,16,17). The number of carbonyl (C=O) groups is 1. The molecule has 18 heavy (non-hydrogen) atoms. The van der Waals surface area contributed by atoms with Gasteiger partial charge in [-0.1, -0.05) is 13.0 Å². The molecule has 5 nitrogen and oxygen atoms in total. The van der Waals surface area contributed by atoms with E-state index in [4.69, 9.17) is 0 Å². The molecular formula is C13H20N4O. The maximum absolute atomic E-state index is 11.9. The number of anilines is 1. The van der Waals surface area contributed by atoms with E-state index in [0.717, 1.165) is 12.1 Å². The quantitative estimate of drug-likeness (QED) is 0.755. The fourth-order valence-electron chi connectivity index (χ4n) is 1.33. The first-order valence-electron chi connectivity index (χ1n) is 6.08. The summed E-state index contributed by atoms with van der Waals surface area (Å²) in [4.78, 5) is 20.3. The fraction of sp³-hybridized carbons (Fsp3) is 0.462. The van der Waals surface area contributed by atoms with E-state index in [9.17, 15) is 4.79 Å². The number of hydrogen-bond donors (Lipinski definition) is 2. The van der Waals surface area contributed by atoms with Crippen molar-refractivity contribution in [2.75, 3.05) is 11.9 Å². The lowest BCUT2D eigenvalue weighted by Crippen LogP contribution is -2.32. The molecule has 98 valence electrons. The van der Waals surface area contributed by atoms with Crippen molar-refractivity contribution in [3.8, 4) is 0 Å². The third-order valence-corrected chi connectivity index (χ3v) is 2.48. The zero-order valence-electron chi connectivity index (χ0n) is 11.2. The molecule has 0 fully saturated rings. The minimum atomic E-state index is -0.170. The molecule has 0 radical (unpaired) electrons. The van der Waals surface area contributed by atoms with Crippen molar-refractivity contribution in [1.82, 2.24) is 15.3 Å². The van der Waals surface area contributed by atoms with Gasteiger partial charge in [-0.3, -0.25) is 4.79 Å². The summed E-state index contributed by atoms with van der Waals surface area (Å²) in [5.41, 5.74) is 1.14. The summed E-state index contributed by atoms with van der Waals surface area (Å²) in [6.07, 6.45) is 2.60. The molecule has 2 N–H and O–H groups in total. The van der Waals surface area contributed by atoms with Crippen LogP contribution in [-0.2, 0) is 0 Å². The molecule has 0 saturated heterocycles. The molecule has 0 spiro atoms. The molecule has 5 heteroatoms. The molecule has 0 aliphatic heterocycles. The summed E-state index contributed by atoms with van der Waals surface area (Å²) in [5, 5.41) is 5.86. The van der Waals surface area contributed by atoms with Crippen LogP contribution < -0.4 is 10.6 Å². The van der Waals surface area contributed by atoms with Crippen LogP contribution in [0.15, 0.2) is 18.7 Å². The van der Waals surface area contributed by atoms with Crippen LogP contribution in [0.4, 0.5) is 5.95 Å². The number of nitrogens with one attached hydrogen (secondary N) is 2. The maximum atomic E-state index is 11.9. The van der Waals surface area contributed by atoms with E-state index in [0.29, 0.717) is 18.2 Å². The highest BCUT2D eigenvalue weighted by atomic mass is 16.1. The van der Waals surface area contributed by atoms with Crippen LogP contribution in [0.2, 0.25) is 0 Å². The van der Waals surface area contributed by atoms with Crippen LogP contribution in [0.3, 0.4) is 0 Å². The van der Waals surface area contributed by atoms with Gasteiger partial charge in [-0.15, -0.1) is 6.58 Å². The first kappa shape index (κ1) is 14.2. The molecule has 1 unspecified atom stereocenters. The normalized spacial score (nSPS) is 11.7. The number of hydrogen-bond acceptors (Lipinski definition) is 4. The van der Waals surface area contributed by atoms with Gasteiger partial charge in [0.25, 0.3) is 5.91 Å². The molecule has 0 saturated carbocycles. The molecule has 1 amide bonds. The van der Waals surface area contributed by atoms with Crippen molar-refractivity contribution in [3.05, 3.63) is 30.1 Å². The zero-order valence-corrected chi connectivity index (χ0v) is 11.2. The van der Waals surface area contributed by atoms with Crippen LogP contribution >= 0.6 is 0 Å². The number of carbonyl (C=O) groups excluding carboxylic acids is 1. The van der Waals surface area contributed by atoms with E-state index in [1.165, 1.54) is 0 Å². The molecule has 1 rings (SSSR count).